The summed E-state index contributed by atoms with van der Waals surface area (Å²) in [4.78, 5) is 22.8. The third-order valence-corrected chi connectivity index (χ3v) is 2.43. The average molecular weight is 222 g/mol. The number of hydrogen-bond acceptors (Lipinski definition) is 3. The van der Waals surface area contributed by atoms with E-state index in [0.29, 0.717) is 0 Å². The number of rotatable bonds is 2. The van der Waals surface area contributed by atoms with Crippen LogP contribution in [0.25, 0.3) is 0 Å². The van der Waals surface area contributed by atoms with Gasteiger partial charge in [0.1, 0.15) is 0 Å². The molecule has 1 atom stereocenters. The Hall–Kier alpha value is -1.61. The minimum atomic E-state index is -0.861. The zero-order valence-corrected chi connectivity index (χ0v) is 8.49. The van der Waals surface area contributed by atoms with Gasteiger partial charge < -0.3 is 5.32 Å². The molecule has 1 aliphatic carbocycles. The SMILES string of the molecule is O=C1C=C(Cl)C(=O)[C@@H]1Nc1ccccc1. The van der Waals surface area contributed by atoms with Crippen molar-refractivity contribution in [3.63, 3.8) is 0 Å². The van der Waals surface area contributed by atoms with E-state index in [-0.39, 0.29) is 16.6 Å². The van der Waals surface area contributed by atoms with Crippen molar-refractivity contribution in [2.24, 2.45) is 0 Å². The molecule has 15 heavy (non-hydrogen) atoms. The first-order valence-corrected chi connectivity index (χ1v) is 4.83. The van der Waals surface area contributed by atoms with Crippen LogP contribution in [0.1, 0.15) is 0 Å². The van der Waals surface area contributed by atoms with Crippen LogP contribution >= 0.6 is 11.6 Å². The molecule has 0 saturated heterocycles. The molecule has 2 rings (SSSR count). The predicted octanol–water partition coefficient (Wildman–Crippen LogP) is 1.74. The quantitative estimate of drug-likeness (QED) is 0.774. The third kappa shape index (κ3) is 1.92. The first-order valence-electron chi connectivity index (χ1n) is 4.45. The Morgan fingerprint density at radius 3 is 2.33 bits per heavy atom. The fourth-order valence-electron chi connectivity index (χ4n) is 1.38. The van der Waals surface area contributed by atoms with Crippen LogP contribution in [-0.4, -0.2) is 17.6 Å². The molecule has 1 aromatic carbocycles. The molecule has 4 heteroatoms. The van der Waals surface area contributed by atoms with Crippen LogP contribution in [0.4, 0.5) is 5.69 Å². The Morgan fingerprint density at radius 1 is 1.13 bits per heavy atom. The lowest BCUT2D eigenvalue weighted by molar-refractivity contribution is -0.121. The van der Waals surface area contributed by atoms with Crippen LogP contribution in [0.5, 0.6) is 0 Å². The van der Waals surface area contributed by atoms with Crippen molar-refractivity contribution in [1.29, 1.82) is 0 Å². The fourth-order valence-corrected chi connectivity index (χ4v) is 1.60. The number of nitrogens with one attached hydrogen (secondary N) is 1. The largest absolute Gasteiger partial charge is 0.369 e. The van der Waals surface area contributed by atoms with Crippen LogP contribution < -0.4 is 5.32 Å². The summed E-state index contributed by atoms with van der Waals surface area (Å²) in [5.74, 6) is -0.667. The number of anilines is 1. The molecule has 0 aliphatic heterocycles. The number of ketones is 2. The topological polar surface area (TPSA) is 46.2 Å². The number of benzene rings is 1. The molecule has 1 aliphatic rings. The van der Waals surface area contributed by atoms with Gasteiger partial charge in [0.15, 0.2) is 11.8 Å². The van der Waals surface area contributed by atoms with Gasteiger partial charge in [-0.05, 0) is 12.1 Å². The highest BCUT2D eigenvalue weighted by Gasteiger charge is 2.33. The Balaban J connectivity index is 2.15. The molecule has 0 unspecified atom stereocenters. The molecule has 0 spiro atoms. The van der Waals surface area contributed by atoms with E-state index < -0.39 is 6.04 Å². The Kier molecular flexibility index (Phi) is 2.56. The number of carbonyl (C=O) groups is 2. The lowest BCUT2D eigenvalue weighted by atomic mass is 10.2. The molecular weight excluding hydrogens is 214 g/mol. The van der Waals surface area contributed by atoms with Crippen molar-refractivity contribution in [3.05, 3.63) is 41.4 Å². The number of Topliss-reactive ketones (excluding diaryl/α,β-unsaturated/α-hetero) is 1. The van der Waals surface area contributed by atoms with Crippen LogP contribution in [0.2, 0.25) is 0 Å². The molecule has 1 N–H and O–H groups in total. The normalized spacial score (nSPS) is 20.3. The maximum absolute atomic E-state index is 11.4. The number of hydrogen-bond donors (Lipinski definition) is 1. The summed E-state index contributed by atoms with van der Waals surface area (Å²) in [6.07, 6.45) is 1.16. The van der Waals surface area contributed by atoms with Gasteiger partial charge in [-0.1, -0.05) is 29.8 Å². The summed E-state index contributed by atoms with van der Waals surface area (Å²) in [7, 11) is 0. The first-order chi connectivity index (χ1) is 7.18. The molecule has 0 saturated carbocycles. The molecule has 0 radical (unpaired) electrons. The molecule has 76 valence electrons. The minimum Gasteiger partial charge on any atom is -0.369 e. The van der Waals surface area contributed by atoms with E-state index in [1.54, 1.807) is 12.1 Å². The van der Waals surface area contributed by atoms with Crippen molar-refractivity contribution in [2.45, 2.75) is 6.04 Å². The van der Waals surface area contributed by atoms with Crippen molar-refractivity contribution in [3.8, 4) is 0 Å². The van der Waals surface area contributed by atoms with E-state index in [2.05, 4.69) is 5.32 Å². The number of halogens is 1. The predicted molar refractivity (Wildman–Crippen MR) is 57.8 cm³/mol. The number of carbonyl (C=O) groups excluding carboxylic acids is 2. The van der Waals surface area contributed by atoms with Crippen LogP contribution in [0.15, 0.2) is 41.4 Å². The van der Waals surface area contributed by atoms with E-state index in [9.17, 15) is 9.59 Å². The second-order valence-corrected chi connectivity index (χ2v) is 3.61. The molecule has 0 aromatic heterocycles. The Bertz CT molecular complexity index is 439. The highest BCUT2D eigenvalue weighted by molar-refractivity contribution is 6.50. The van der Waals surface area contributed by atoms with Gasteiger partial charge in [-0.2, -0.15) is 0 Å². The Labute approximate surface area is 91.7 Å². The summed E-state index contributed by atoms with van der Waals surface area (Å²) in [5, 5.41) is 2.83. The van der Waals surface area contributed by atoms with E-state index in [4.69, 9.17) is 11.6 Å². The van der Waals surface area contributed by atoms with Crippen LogP contribution in [0.3, 0.4) is 0 Å². The van der Waals surface area contributed by atoms with Crippen molar-refractivity contribution >= 4 is 28.9 Å². The van der Waals surface area contributed by atoms with Gasteiger partial charge >= 0.3 is 0 Å². The Morgan fingerprint density at radius 2 is 1.80 bits per heavy atom. The summed E-state index contributed by atoms with van der Waals surface area (Å²) in [5.41, 5.74) is 0.726. The smallest absolute Gasteiger partial charge is 0.204 e. The van der Waals surface area contributed by atoms with Crippen molar-refractivity contribution in [1.82, 2.24) is 0 Å². The van der Waals surface area contributed by atoms with Gasteiger partial charge in [-0.3, -0.25) is 9.59 Å². The second-order valence-electron chi connectivity index (χ2n) is 3.20. The summed E-state index contributed by atoms with van der Waals surface area (Å²) in [6, 6.07) is 8.21. The maximum atomic E-state index is 11.4. The molecule has 0 heterocycles. The van der Waals surface area contributed by atoms with E-state index >= 15 is 0 Å². The minimum absolute atomic E-state index is 0.00608. The first kappa shape index (κ1) is 9.93. The van der Waals surface area contributed by atoms with Gasteiger partial charge in [-0.15, -0.1) is 0 Å². The molecule has 0 fully saturated rings. The van der Waals surface area contributed by atoms with Crippen LogP contribution in [-0.2, 0) is 9.59 Å². The summed E-state index contributed by atoms with van der Waals surface area (Å²) >= 11 is 5.57. The van der Waals surface area contributed by atoms with Gasteiger partial charge in [0.25, 0.3) is 0 Å². The standard InChI is InChI=1S/C11H8ClNO2/c12-8-6-9(14)10(11(8)15)13-7-4-2-1-3-5-7/h1-6,10,13H/t10-/m1/s1. The van der Waals surface area contributed by atoms with E-state index in [1.807, 2.05) is 18.2 Å². The van der Waals surface area contributed by atoms with Gasteiger partial charge in [0, 0.05) is 11.8 Å². The third-order valence-electron chi connectivity index (χ3n) is 2.14. The second kappa shape index (κ2) is 3.87. The zero-order chi connectivity index (χ0) is 10.8. The lowest BCUT2D eigenvalue weighted by Gasteiger charge is -2.10. The summed E-state index contributed by atoms with van der Waals surface area (Å²) < 4.78 is 0. The molecule has 0 amide bonds. The molecule has 0 bridgehead atoms. The maximum Gasteiger partial charge on any atom is 0.204 e. The van der Waals surface area contributed by atoms with Gasteiger partial charge in [0.2, 0.25) is 5.78 Å². The fraction of sp³-hybridized carbons (Fsp3) is 0.0909. The highest BCUT2D eigenvalue weighted by Crippen LogP contribution is 2.19. The monoisotopic (exact) mass is 221 g/mol. The molecular formula is C11H8ClNO2. The lowest BCUT2D eigenvalue weighted by Crippen LogP contribution is -2.31. The average Bonchev–Trinajstić information content (AvgIpc) is 2.47. The van der Waals surface area contributed by atoms with Crippen molar-refractivity contribution < 1.29 is 9.59 Å². The zero-order valence-electron chi connectivity index (χ0n) is 7.74. The molecule has 1 aromatic rings. The number of para-hydroxylation sites is 1. The van der Waals surface area contributed by atoms with Crippen molar-refractivity contribution in [2.75, 3.05) is 5.32 Å². The van der Waals surface area contributed by atoms with Gasteiger partial charge in [-0.25, -0.2) is 0 Å². The van der Waals surface area contributed by atoms with Gasteiger partial charge in [0.05, 0.1) is 5.03 Å². The van der Waals surface area contributed by atoms with E-state index in [0.717, 1.165) is 11.8 Å². The molecule has 3 nitrogen and oxygen atoms in total. The highest BCUT2D eigenvalue weighted by atomic mass is 35.5. The van der Waals surface area contributed by atoms with E-state index in [1.165, 1.54) is 0 Å². The van der Waals surface area contributed by atoms with Crippen LogP contribution in [0, 0.1) is 0 Å². The summed E-state index contributed by atoms with van der Waals surface area (Å²) in [6.45, 7) is 0.